The van der Waals surface area contributed by atoms with Crippen LogP contribution in [0.15, 0.2) is 35.2 Å². The van der Waals surface area contributed by atoms with Gasteiger partial charge in [0.25, 0.3) is 15.9 Å². The van der Waals surface area contributed by atoms with E-state index in [1.807, 2.05) is 0 Å². The molecule has 1 heterocycles. The van der Waals surface area contributed by atoms with Crippen molar-refractivity contribution in [2.24, 2.45) is 5.73 Å². The number of hydrogen-bond donors (Lipinski definition) is 5. The molecule has 0 saturated carbocycles. The van der Waals surface area contributed by atoms with Crippen molar-refractivity contribution in [2.45, 2.75) is 4.90 Å². The number of aromatic hydroxyl groups is 1. The first-order valence-corrected chi connectivity index (χ1v) is 9.10. The number of aromatic nitrogens is 2. The second kappa shape index (κ2) is 6.39. The number of hydrogen-bond acceptors (Lipinski definition) is 6. The Hall–Kier alpha value is -2.98. The Balaban J connectivity index is 2.00. The number of rotatable bonds is 5. The number of nitrogens with two attached hydrogens (primary N) is 1. The molecule has 0 radical (unpaired) electrons. The molecule has 0 fully saturated rings. The number of phenols is 1. The molecule has 11 heteroatoms. The largest absolute Gasteiger partial charge is 0.506 e. The first kappa shape index (κ1) is 17.8. The zero-order valence-corrected chi connectivity index (χ0v) is 14.9. The minimum Gasteiger partial charge on any atom is -0.506 e. The van der Waals surface area contributed by atoms with E-state index in [4.69, 9.17) is 17.3 Å². The van der Waals surface area contributed by atoms with E-state index in [9.17, 15) is 18.3 Å². The highest BCUT2D eigenvalue weighted by Crippen LogP contribution is 2.31. The smallest absolute Gasteiger partial charge is 0.261 e. The predicted octanol–water partition coefficient (Wildman–Crippen LogP) is 1.86. The van der Waals surface area contributed by atoms with Gasteiger partial charge in [-0.15, -0.1) is 0 Å². The molecule has 0 spiro atoms. The molecule has 26 heavy (non-hydrogen) atoms. The van der Waals surface area contributed by atoms with E-state index in [1.165, 1.54) is 0 Å². The number of fused-ring (bicyclic) bond motifs is 1. The molecule has 0 saturated heterocycles. The molecule has 6 N–H and O–H groups in total. The molecule has 9 nitrogen and oxygen atoms in total. The van der Waals surface area contributed by atoms with Crippen molar-refractivity contribution in [3.63, 3.8) is 0 Å². The van der Waals surface area contributed by atoms with Crippen LogP contribution in [0.2, 0.25) is 5.02 Å². The van der Waals surface area contributed by atoms with Crippen molar-refractivity contribution in [2.75, 3.05) is 17.1 Å². The summed E-state index contributed by atoms with van der Waals surface area (Å²) >= 11 is 5.80. The van der Waals surface area contributed by atoms with E-state index in [0.29, 0.717) is 11.5 Å². The molecular formula is C15H14ClN5O4S. The highest BCUT2D eigenvalue weighted by Gasteiger charge is 2.21. The topological polar surface area (TPSA) is 150 Å². The summed E-state index contributed by atoms with van der Waals surface area (Å²) in [6.07, 6.45) is 0. The highest BCUT2D eigenvalue weighted by molar-refractivity contribution is 7.92. The van der Waals surface area contributed by atoms with Crippen molar-refractivity contribution in [3.8, 4) is 5.75 Å². The third-order valence-corrected chi connectivity index (χ3v) is 5.23. The van der Waals surface area contributed by atoms with Gasteiger partial charge >= 0.3 is 0 Å². The Bertz CT molecular complexity index is 1130. The molecule has 3 rings (SSSR count). The number of imidazole rings is 1. The number of amides is 1. The fraction of sp³-hybridized carbons (Fsp3) is 0.0667. The van der Waals surface area contributed by atoms with Gasteiger partial charge in [-0.3, -0.25) is 9.52 Å². The van der Waals surface area contributed by atoms with Gasteiger partial charge in [-0.05, 0) is 30.3 Å². The molecule has 0 bridgehead atoms. The first-order valence-electron chi connectivity index (χ1n) is 7.24. The average Bonchev–Trinajstić information content (AvgIpc) is 2.98. The second-order valence-electron chi connectivity index (χ2n) is 5.34. The number of benzene rings is 2. The summed E-state index contributed by atoms with van der Waals surface area (Å²) in [6.45, 7) is 0. The Kier molecular flexibility index (Phi) is 4.38. The van der Waals surface area contributed by atoms with Gasteiger partial charge in [-0.2, -0.15) is 0 Å². The molecule has 0 unspecified atom stereocenters. The number of H-pyrrole nitrogens is 1. The van der Waals surface area contributed by atoms with Crippen molar-refractivity contribution in [3.05, 3.63) is 40.9 Å². The molecule has 136 valence electrons. The molecule has 0 aliphatic heterocycles. The Labute approximate surface area is 153 Å². The van der Waals surface area contributed by atoms with Crippen LogP contribution in [0.5, 0.6) is 5.75 Å². The van der Waals surface area contributed by atoms with Gasteiger partial charge in [-0.1, -0.05) is 11.6 Å². The molecule has 3 aromatic rings. The van der Waals surface area contributed by atoms with Crippen LogP contribution in [0.1, 0.15) is 10.4 Å². The van der Waals surface area contributed by atoms with Crippen LogP contribution in [0, 0.1) is 0 Å². The maximum Gasteiger partial charge on any atom is 0.261 e. The lowest BCUT2D eigenvalue weighted by Crippen LogP contribution is -2.16. The number of primary amides is 1. The number of carbonyl (C=O) groups excluding carboxylic acids is 1. The maximum absolute atomic E-state index is 12.6. The van der Waals surface area contributed by atoms with E-state index in [1.54, 1.807) is 25.2 Å². The zero-order chi connectivity index (χ0) is 19.1. The van der Waals surface area contributed by atoms with Crippen molar-refractivity contribution < 1.29 is 18.3 Å². The number of halogens is 1. The summed E-state index contributed by atoms with van der Waals surface area (Å²) in [5, 5.41) is 12.3. The molecule has 0 aliphatic carbocycles. The summed E-state index contributed by atoms with van der Waals surface area (Å²) in [5.74, 6) is -1.04. The van der Waals surface area contributed by atoms with Crippen LogP contribution in [-0.2, 0) is 10.0 Å². The number of aromatic amines is 1. The summed E-state index contributed by atoms with van der Waals surface area (Å²) in [5.41, 5.74) is 6.28. The van der Waals surface area contributed by atoms with Crippen LogP contribution in [0.3, 0.4) is 0 Å². The predicted molar refractivity (Wildman–Crippen MR) is 98.1 cm³/mol. The van der Waals surface area contributed by atoms with E-state index in [2.05, 4.69) is 20.0 Å². The number of anilines is 2. The SMILES string of the molecule is CNc1nc2cc(NS(=O)(=O)c3cc(Cl)c(O)c(C(N)=O)c3)ccc2[nH]1. The van der Waals surface area contributed by atoms with Gasteiger partial charge in [0.1, 0.15) is 5.75 Å². The normalized spacial score (nSPS) is 11.5. The standard InChI is InChI=1S/C15H14ClN5O4S/c1-18-15-19-11-3-2-7(4-12(11)20-15)21-26(24,25)8-5-9(14(17)23)13(22)10(16)6-8/h2-6,21-22H,1H3,(H2,17,23)(H2,18,19,20). The Morgan fingerprint density at radius 2 is 2.04 bits per heavy atom. The highest BCUT2D eigenvalue weighted by atomic mass is 35.5. The number of sulfonamides is 1. The van der Waals surface area contributed by atoms with Gasteiger partial charge in [0.15, 0.2) is 0 Å². The summed E-state index contributed by atoms with van der Waals surface area (Å²) in [6, 6.07) is 6.74. The first-order chi connectivity index (χ1) is 12.2. The van der Waals surface area contributed by atoms with Crippen LogP contribution in [-0.4, -0.2) is 36.4 Å². The molecule has 1 amide bonds. The number of carbonyl (C=O) groups is 1. The van der Waals surface area contributed by atoms with Crippen LogP contribution < -0.4 is 15.8 Å². The van der Waals surface area contributed by atoms with E-state index in [0.717, 1.165) is 17.6 Å². The molecule has 0 aliphatic rings. The maximum atomic E-state index is 12.6. The Morgan fingerprint density at radius 3 is 2.69 bits per heavy atom. The lowest BCUT2D eigenvalue weighted by Gasteiger charge is -2.11. The van der Waals surface area contributed by atoms with Gasteiger partial charge in [0.2, 0.25) is 5.95 Å². The van der Waals surface area contributed by atoms with Gasteiger partial charge in [0, 0.05) is 7.05 Å². The fourth-order valence-electron chi connectivity index (χ4n) is 2.32. The van der Waals surface area contributed by atoms with E-state index < -0.39 is 21.7 Å². The van der Waals surface area contributed by atoms with Crippen LogP contribution in [0.25, 0.3) is 11.0 Å². The average molecular weight is 396 g/mol. The van der Waals surface area contributed by atoms with E-state index >= 15 is 0 Å². The minimum atomic E-state index is -4.08. The number of nitrogens with zero attached hydrogens (tertiary/aromatic N) is 1. The molecule has 1 aromatic heterocycles. The summed E-state index contributed by atoms with van der Waals surface area (Å²) < 4.78 is 27.6. The second-order valence-corrected chi connectivity index (χ2v) is 7.43. The fourth-order valence-corrected chi connectivity index (χ4v) is 3.70. The number of nitrogens with one attached hydrogen (secondary N) is 3. The summed E-state index contributed by atoms with van der Waals surface area (Å²) in [7, 11) is -2.38. The molecule has 2 aromatic carbocycles. The zero-order valence-electron chi connectivity index (χ0n) is 13.4. The Morgan fingerprint density at radius 1 is 1.31 bits per heavy atom. The summed E-state index contributed by atoms with van der Waals surface area (Å²) in [4.78, 5) is 18.3. The monoisotopic (exact) mass is 395 g/mol. The van der Waals surface area contributed by atoms with E-state index in [-0.39, 0.29) is 21.2 Å². The van der Waals surface area contributed by atoms with Crippen LogP contribution in [0.4, 0.5) is 11.6 Å². The third kappa shape index (κ3) is 3.24. The van der Waals surface area contributed by atoms with Crippen LogP contribution >= 0.6 is 11.6 Å². The van der Waals surface area contributed by atoms with Gasteiger partial charge in [0.05, 0.1) is 32.2 Å². The van der Waals surface area contributed by atoms with Crippen molar-refractivity contribution in [1.82, 2.24) is 9.97 Å². The quantitative estimate of drug-likeness (QED) is 0.445. The van der Waals surface area contributed by atoms with Gasteiger partial charge in [-0.25, -0.2) is 13.4 Å². The molecular weight excluding hydrogens is 382 g/mol. The molecule has 0 atom stereocenters. The van der Waals surface area contributed by atoms with Gasteiger partial charge < -0.3 is 21.1 Å². The lowest BCUT2D eigenvalue weighted by atomic mass is 10.2. The third-order valence-electron chi connectivity index (χ3n) is 3.58. The van der Waals surface area contributed by atoms with Crippen molar-refractivity contribution in [1.29, 1.82) is 0 Å². The minimum absolute atomic E-state index is 0.261. The van der Waals surface area contributed by atoms with Crippen molar-refractivity contribution >= 4 is 50.2 Å². The lowest BCUT2D eigenvalue weighted by molar-refractivity contribution is 0.0997.